The van der Waals surface area contributed by atoms with Gasteiger partial charge in [-0.1, -0.05) is 35.3 Å². The van der Waals surface area contributed by atoms with Gasteiger partial charge in [-0.15, -0.1) is 0 Å². The maximum Gasteiger partial charge on any atom is 0.0637 e. The summed E-state index contributed by atoms with van der Waals surface area (Å²) in [7, 11) is 0. The van der Waals surface area contributed by atoms with Crippen LogP contribution >= 0.6 is 23.2 Å². The molecule has 1 aromatic carbocycles. The third-order valence-corrected chi connectivity index (χ3v) is 3.92. The number of halogens is 2. The third-order valence-electron chi connectivity index (χ3n) is 3.06. The lowest BCUT2D eigenvalue weighted by Crippen LogP contribution is -2.39. The number of rotatable bonds is 2. The molecule has 0 atom stereocenters. The number of nitrogens with zero attached hydrogens (tertiary/aromatic N) is 1. The van der Waals surface area contributed by atoms with Crippen molar-refractivity contribution in [1.29, 1.82) is 0 Å². The molecular formula is C12H16Cl2N2. The zero-order valence-electron chi connectivity index (χ0n) is 9.13. The summed E-state index contributed by atoms with van der Waals surface area (Å²) in [6, 6.07) is 6.16. The second-order valence-corrected chi connectivity index (χ2v) is 5.11. The van der Waals surface area contributed by atoms with E-state index < -0.39 is 0 Å². The fourth-order valence-corrected chi connectivity index (χ4v) is 2.40. The van der Waals surface area contributed by atoms with E-state index in [0.717, 1.165) is 38.0 Å². The molecule has 0 spiro atoms. The quantitative estimate of drug-likeness (QED) is 0.884. The van der Waals surface area contributed by atoms with Crippen LogP contribution in [-0.4, -0.2) is 24.0 Å². The molecule has 2 N–H and O–H groups in total. The van der Waals surface area contributed by atoms with E-state index in [2.05, 4.69) is 4.90 Å². The van der Waals surface area contributed by atoms with Gasteiger partial charge in [-0.2, -0.15) is 0 Å². The van der Waals surface area contributed by atoms with Gasteiger partial charge in [0.05, 0.1) is 10.0 Å². The van der Waals surface area contributed by atoms with Crippen LogP contribution in [0.25, 0.3) is 0 Å². The van der Waals surface area contributed by atoms with Gasteiger partial charge in [0.25, 0.3) is 0 Å². The van der Waals surface area contributed by atoms with Crippen molar-refractivity contribution in [2.45, 2.75) is 25.4 Å². The average molecular weight is 259 g/mol. The molecule has 0 saturated carbocycles. The highest BCUT2D eigenvalue weighted by atomic mass is 35.5. The van der Waals surface area contributed by atoms with Crippen molar-refractivity contribution >= 4 is 23.2 Å². The van der Waals surface area contributed by atoms with Crippen molar-refractivity contribution in [2.24, 2.45) is 5.73 Å². The van der Waals surface area contributed by atoms with Crippen molar-refractivity contribution in [1.82, 2.24) is 4.90 Å². The molecule has 2 nitrogen and oxygen atoms in total. The van der Waals surface area contributed by atoms with Gasteiger partial charge >= 0.3 is 0 Å². The summed E-state index contributed by atoms with van der Waals surface area (Å²) in [5.74, 6) is 0. The standard InChI is InChI=1S/C12H16Cl2N2/c13-11-3-1-2-9(12(11)14)8-16-6-4-10(15)5-7-16/h1-3,10H,4-8,15H2. The molecule has 0 unspecified atom stereocenters. The number of piperidine rings is 1. The number of hydrogen-bond donors (Lipinski definition) is 1. The summed E-state index contributed by atoms with van der Waals surface area (Å²) in [6.07, 6.45) is 2.14. The molecule has 1 aromatic rings. The molecule has 0 aromatic heterocycles. The maximum absolute atomic E-state index is 6.16. The first-order chi connectivity index (χ1) is 7.66. The lowest BCUT2D eigenvalue weighted by Gasteiger charge is -2.30. The van der Waals surface area contributed by atoms with Crippen molar-refractivity contribution in [2.75, 3.05) is 13.1 Å². The Kier molecular flexibility index (Phi) is 4.09. The van der Waals surface area contributed by atoms with Crippen molar-refractivity contribution in [3.63, 3.8) is 0 Å². The third kappa shape index (κ3) is 2.89. The predicted molar refractivity (Wildman–Crippen MR) is 68.9 cm³/mol. The van der Waals surface area contributed by atoms with Gasteiger partial charge in [-0.25, -0.2) is 0 Å². The molecule has 0 radical (unpaired) electrons. The Balaban J connectivity index is 2.01. The molecule has 1 saturated heterocycles. The first-order valence-corrected chi connectivity index (χ1v) is 6.33. The van der Waals surface area contributed by atoms with Gasteiger partial charge in [-0.05, 0) is 37.6 Å². The van der Waals surface area contributed by atoms with Crippen LogP contribution in [0.2, 0.25) is 10.0 Å². The molecule has 1 aliphatic rings. The summed E-state index contributed by atoms with van der Waals surface area (Å²) in [5.41, 5.74) is 6.97. The molecule has 16 heavy (non-hydrogen) atoms. The Morgan fingerprint density at radius 2 is 1.94 bits per heavy atom. The zero-order chi connectivity index (χ0) is 11.5. The molecule has 1 heterocycles. The van der Waals surface area contributed by atoms with E-state index >= 15 is 0 Å². The van der Waals surface area contributed by atoms with Crippen LogP contribution in [0.4, 0.5) is 0 Å². The Labute approximate surface area is 106 Å². The normalized spacial score (nSPS) is 18.9. The fraction of sp³-hybridized carbons (Fsp3) is 0.500. The van der Waals surface area contributed by atoms with Crippen LogP contribution in [0.15, 0.2) is 18.2 Å². The Hall–Kier alpha value is -0.280. The van der Waals surface area contributed by atoms with Gasteiger partial charge in [0.1, 0.15) is 0 Å². The monoisotopic (exact) mass is 258 g/mol. The molecule has 0 aliphatic carbocycles. The summed E-state index contributed by atoms with van der Waals surface area (Å²) in [6.45, 7) is 2.96. The molecule has 0 amide bonds. The minimum absolute atomic E-state index is 0.367. The highest BCUT2D eigenvalue weighted by molar-refractivity contribution is 6.42. The predicted octanol–water partition coefficient (Wildman–Crippen LogP) is 2.92. The van der Waals surface area contributed by atoms with Crippen LogP contribution in [0.3, 0.4) is 0 Å². The van der Waals surface area contributed by atoms with E-state index in [4.69, 9.17) is 28.9 Å². The number of hydrogen-bond acceptors (Lipinski definition) is 2. The average Bonchev–Trinajstić information content (AvgIpc) is 2.28. The second-order valence-electron chi connectivity index (χ2n) is 4.33. The SMILES string of the molecule is NC1CCN(Cc2cccc(Cl)c2Cl)CC1. The minimum atomic E-state index is 0.367. The number of benzene rings is 1. The first-order valence-electron chi connectivity index (χ1n) is 5.57. The zero-order valence-corrected chi connectivity index (χ0v) is 10.6. The highest BCUT2D eigenvalue weighted by Crippen LogP contribution is 2.27. The maximum atomic E-state index is 6.16. The van der Waals surface area contributed by atoms with E-state index in [1.807, 2.05) is 18.2 Å². The molecule has 88 valence electrons. The molecule has 1 fully saturated rings. The van der Waals surface area contributed by atoms with E-state index in [1.54, 1.807) is 0 Å². The number of nitrogens with two attached hydrogens (primary N) is 1. The molecule has 4 heteroatoms. The summed E-state index contributed by atoms with van der Waals surface area (Å²) >= 11 is 12.1. The number of likely N-dealkylation sites (tertiary alicyclic amines) is 1. The van der Waals surface area contributed by atoms with E-state index in [0.29, 0.717) is 16.1 Å². The van der Waals surface area contributed by atoms with Crippen molar-refractivity contribution < 1.29 is 0 Å². The molecular weight excluding hydrogens is 243 g/mol. The van der Waals surface area contributed by atoms with E-state index in [-0.39, 0.29) is 0 Å². The lowest BCUT2D eigenvalue weighted by atomic mass is 10.1. The Morgan fingerprint density at radius 1 is 1.25 bits per heavy atom. The van der Waals surface area contributed by atoms with Gasteiger partial charge in [-0.3, -0.25) is 4.90 Å². The lowest BCUT2D eigenvalue weighted by molar-refractivity contribution is 0.205. The summed E-state index contributed by atoms with van der Waals surface area (Å²) in [5, 5.41) is 1.31. The van der Waals surface area contributed by atoms with Crippen LogP contribution < -0.4 is 5.73 Å². The van der Waals surface area contributed by atoms with Crippen LogP contribution in [-0.2, 0) is 6.54 Å². The summed E-state index contributed by atoms with van der Waals surface area (Å²) < 4.78 is 0. The molecule has 1 aliphatic heterocycles. The molecule has 0 bridgehead atoms. The van der Waals surface area contributed by atoms with Crippen LogP contribution in [0.1, 0.15) is 18.4 Å². The van der Waals surface area contributed by atoms with Gasteiger partial charge in [0, 0.05) is 12.6 Å². The minimum Gasteiger partial charge on any atom is -0.328 e. The van der Waals surface area contributed by atoms with Crippen LogP contribution in [0.5, 0.6) is 0 Å². The van der Waals surface area contributed by atoms with E-state index in [9.17, 15) is 0 Å². The fourth-order valence-electron chi connectivity index (χ4n) is 2.02. The second kappa shape index (κ2) is 5.37. The summed E-state index contributed by atoms with van der Waals surface area (Å²) in [4.78, 5) is 2.38. The largest absolute Gasteiger partial charge is 0.328 e. The first kappa shape index (κ1) is 12.2. The molecule has 2 rings (SSSR count). The van der Waals surface area contributed by atoms with Gasteiger partial charge in [0.2, 0.25) is 0 Å². The van der Waals surface area contributed by atoms with Crippen molar-refractivity contribution in [3.8, 4) is 0 Å². The van der Waals surface area contributed by atoms with Crippen molar-refractivity contribution in [3.05, 3.63) is 33.8 Å². The topological polar surface area (TPSA) is 29.3 Å². The Morgan fingerprint density at radius 3 is 2.62 bits per heavy atom. The highest BCUT2D eigenvalue weighted by Gasteiger charge is 2.17. The smallest absolute Gasteiger partial charge is 0.0637 e. The van der Waals surface area contributed by atoms with Crippen LogP contribution in [0, 0.1) is 0 Å². The Bertz CT molecular complexity index is 360. The van der Waals surface area contributed by atoms with Gasteiger partial charge < -0.3 is 5.73 Å². The van der Waals surface area contributed by atoms with E-state index in [1.165, 1.54) is 0 Å². The van der Waals surface area contributed by atoms with Gasteiger partial charge in [0.15, 0.2) is 0 Å².